The minimum absolute atomic E-state index is 0.495. The summed E-state index contributed by atoms with van der Waals surface area (Å²) >= 11 is 1.44. The molecule has 0 saturated carbocycles. The monoisotopic (exact) mass is 156 g/mol. The van der Waals surface area contributed by atoms with Crippen LogP contribution in [-0.2, 0) is 0 Å². The number of aromatic nitrogens is 2. The van der Waals surface area contributed by atoms with Gasteiger partial charge in [-0.1, -0.05) is 24.0 Å². The minimum atomic E-state index is 0.495. The van der Waals surface area contributed by atoms with E-state index in [-0.39, 0.29) is 0 Å². The van der Waals surface area contributed by atoms with Crippen LogP contribution in [0.25, 0.3) is 0 Å². The van der Waals surface area contributed by atoms with E-state index >= 15 is 0 Å². The lowest BCUT2D eigenvalue weighted by molar-refractivity contribution is 0.357. The van der Waals surface area contributed by atoms with E-state index < -0.39 is 0 Å². The van der Waals surface area contributed by atoms with Crippen molar-refractivity contribution < 1.29 is 4.74 Å². The Hall–Kier alpha value is -0.900. The van der Waals surface area contributed by atoms with E-state index in [2.05, 4.69) is 16.8 Å². The lowest BCUT2D eigenvalue weighted by atomic mass is 10.7. The normalized spacial score (nSPS) is 9.30. The number of nitrogens with zero attached hydrogens (tertiary/aromatic N) is 2. The predicted octanol–water partition coefficient (Wildman–Crippen LogP) is 1.41. The number of hydrogen-bond donors (Lipinski definition) is 0. The first-order valence-corrected chi connectivity index (χ1v) is 3.68. The van der Waals surface area contributed by atoms with Crippen LogP contribution in [0.4, 0.5) is 0 Å². The molecule has 1 aromatic heterocycles. The van der Waals surface area contributed by atoms with E-state index in [1.807, 2.05) is 6.92 Å². The molecule has 0 atom stereocenters. The molecule has 10 heavy (non-hydrogen) atoms. The molecule has 0 aliphatic carbocycles. The van der Waals surface area contributed by atoms with Crippen molar-refractivity contribution in [2.24, 2.45) is 0 Å². The highest BCUT2D eigenvalue weighted by molar-refractivity contribution is 7.12. The Morgan fingerprint density at radius 1 is 1.70 bits per heavy atom. The molecule has 1 aromatic rings. The Morgan fingerprint density at radius 2 is 2.50 bits per heavy atom. The standard InChI is InChI=1S/C6H8N2OS/c1-3-4-9-6-8-7-5(2)10-6/h3H,1,4H2,2H3. The average molecular weight is 156 g/mol. The molecular weight excluding hydrogens is 148 g/mol. The van der Waals surface area contributed by atoms with Gasteiger partial charge >= 0.3 is 0 Å². The first-order valence-electron chi connectivity index (χ1n) is 2.86. The zero-order valence-corrected chi connectivity index (χ0v) is 6.52. The molecule has 0 fully saturated rings. The summed E-state index contributed by atoms with van der Waals surface area (Å²) in [7, 11) is 0. The van der Waals surface area contributed by atoms with Crippen molar-refractivity contribution in [3.05, 3.63) is 17.7 Å². The van der Waals surface area contributed by atoms with Crippen LogP contribution in [0.5, 0.6) is 5.19 Å². The number of rotatable bonds is 3. The molecule has 0 N–H and O–H groups in total. The highest BCUT2D eigenvalue weighted by Crippen LogP contribution is 2.15. The van der Waals surface area contributed by atoms with Crippen molar-refractivity contribution in [1.82, 2.24) is 10.2 Å². The summed E-state index contributed by atoms with van der Waals surface area (Å²) in [6.07, 6.45) is 1.68. The summed E-state index contributed by atoms with van der Waals surface area (Å²) in [6.45, 7) is 5.90. The van der Waals surface area contributed by atoms with Gasteiger partial charge in [0.15, 0.2) is 0 Å². The van der Waals surface area contributed by atoms with E-state index in [1.54, 1.807) is 6.08 Å². The van der Waals surface area contributed by atoms with Crippen molar-refractivity contribution in [2.45, 2.75) is 6.92 Å². The minimum Gasteiger partial charge on any atom is -0.465 e. The molecule has 1 heterocycles. The number of ether oxygens (including phenoxy) is 1. The fraction of sp³-hybridized carbons (Fsp3) is 0.333. The summed E-state index contributed by atoms with van der Waals surface area (Å²) in [6, 6.07) is 0. The molecule has 0 spiro atoms. The molecule has 0 aliphatic rings. The van der Waals surface area contributed by atoms with Crippen LogP contribution in [0.1, 0.15) is 5.01 Å². The second-order valence-corrected chi connectivity index (χ2v) is 2.83. The van der Waals surface area contributed by atoms with E-state index in [4.69, 9.17) is 4.74 Å². The molecule has 0 saturated heterocycles. The molecule has 3 nitrogen and oxygen atoms in total. The second kappa shape index (κ2) is 3.31. The van der Waals surface area contributed by atoms with Gasteiger partial charge in [0.05, 0.1) is 0 Å². The number of aryl methyl sites for hydroxylation is 1. The molecular formula is C6H8N2OS. The summed E-state index contributed by atoms with van der Waals surface area (Å²) < 4.78 is 5.10. The van der Waals surface area contributed by atoms with Gasteiger partial charge in [-0.3, -0.25) is 0 Å². The Kier molecular flexibility index (Phi) is 2.39. The van der Waals surface area contributed by atoms with Gasteiger partial charge in [0.1, 0.15) is 11.6 Å². The Labute approximate surface area is 63.4 Å². The Balaban J connectivity index is 2.49. The van der Waals surface area contributed by atoms with Crippen LogP contribution in [0, 0.1) is 6.92 Å². The van der Waals surface area contributed by atoms with Crippen molar-refractivity contribution in [1.29, 1.82) is 0 Å². The SMILES string of the molecule is C=CCOc1nnc(C)s1. The van der Waals surface area contributed by atoms with Gasteiger partial charge in [-0.15, -0.1) is 10.2 Å². The quantitative estimate of drug-likeness (QED) is 0.621. The molecule has 0 unspecified atom stereocenters. The maximum atomic E-state index is 5.10. The van der Waals surface area contributed by atoms with Gasteiger partial charge in [-0.2, -0.15) is 0 Å². The van der Waals surface area contributed by atoms with Crippen LogP contribution < -0.4 is 4.74 Å². The van der Waals surface area contributed by atoms with Crippen LogP contribution in [0.2, 0.25) is 0 Å². The lowest BCUT2D eigenvalue weighted by Crippen LogP contribution is -1.91. The Bertz CT molecular complexity index is 221. The molecule has 0 radical (unpaired) electrons. The van der Waals surface area contributed by atoms with Gasteiger partial charge < -0.3 is 4.74 Å². The second-order valence-electron chi connectivity index (χ2n) is 1.69. The molecule has 4 heteroatoms. The van der Waals surface area contributed by atoms with Gasteiger partial charge in [0.2, 0.25) is 0 Å². The lowest BCUT2D eigenvalue weighted by Gasteiger charge is -1.92. The van der Waals surface area contributed by atoms with Crippen LogP contribution >= 0.6 is 11.3 Å². The van der Waals surface area contributed by atoms with Crippen LogP contribution in [0.15, 0.2) is 12.7 Å². The molecule has 0 aliphatic heterocycles. The fourth-order valence-electron chi connectivity index (χ4n) is 0.467. The third-order valence-electron chi connectivity index (χ3n) is 0.832. The third kappa shape index (κ3) is 1.80. The summed E-state index contributed by atoms with van der Waals surface area (Å²) in [5, 5.41) is 9.06. The van der Waals surface area contributed by atoms with E-state index in [0.717, 1.165) is 5.01 Å². The smallest absolute Gasteiger partial charge is 0.294 e. The zero-order chi connectivity index (χ0) is 7.40. The average Bonchev–Trinajstić information content (AvgIpc) is 2.31. The first-order chi connectivity index (χ1) is 4.83. The van der Waals surface area contributed by atoms with Gasteiger partial charge in [-0.25, -0.2) is 0 Å². The molecule has 54 valence electrons. The van der Waals surface area contributed by atoms with Gasteiger partial charge in [0.25, 0.3) is 5.19 Å². The predicted molar refractivity (Wildman–Crippen MR) is 40.3 cm³/mol. The van der Waals surface area contributed by atoms with Gasteiger partial charge in [-0.05, 0) is 6.92 Å². The van der Waals surface area contributed by atoms with Crippen LogP contribution in [-0.4, -0.2) is 16.8 Å². The number of hydrogen-bond acceptors (Lipinski definition) is 4. The molecule has 0 aromatic carbocycles. The topological polar surface area (TPSA) is 35.0 Å². The third-order valence-corrected chi connectivity index (χ3v) is 1.58. The highest BCUT2D eigenvalue weighted by Gasteiger charge is 1.97. The maximum Gasteiger partial charge on any atom is 0.294 e. The summed E-state index contributed by atoms with van der Waals surface area (Å²) in [4.78, 5) is 0. The molecule has 0 amide bonds. The van der Waals surface area contributed by atoms with Crippen LogP contribution in [0.3, 0.4) is 0 Å². The van der Waals surface area contributed by atoms with Crippen molar-refractivity contribution in [3.8, 4) is 5.19 Å². The fourth-order valence-corrected chi connectivity index (χ4v) is 1.01. The van der Waals surface area contributed by atoms with Crippen molar-refractivity contribution in [3.63, 3.8) is 0 Å². The summed E-state index contributed by atoms with van der Waals surface area (Å²) in [5.74, 6) is 0. The van der Waals surface area contributed by atoms with E-state index in [0.29, 0.717) is 11.8 Å². The molecule has 0 bridgehead atoms. The van der Waals surface area contributed by atoms with Crippen molar-refractivity contribution >= 4 is 11.3 Å². The maximum absolute atomic E-state index is 5.10. The molecule has 1 rings (SSSR count). The van der Waals surface area contributed by atoms with E-state index in [1.165, 1.54) is 11.3 Å². The zero-order valence-electron chi connectivity index (χ0n) is 5.70. The highest BCUT2D eigenvalue weighted by atomic mass is 32.1. The summed E-state index contributed by atoms with van der Waals surface area (Å²) in [5.41, 5.74) is 0. The Morgan fingerprint density at radius 3 is 3.00 bits per heavy atom. The van der Waals surface area contributed by atoms with Gasteiger partial charge in [0, 0.05) is 0 Å². The largest absolute Gasteiger partial charge is 0.465 e. The van der Waals surface area contributed by atoms with Crippen molar-refractivity contribution in [2.75, 3.05) is 6.61 Å². The van der Waals surface area contributed by atoms with E-state index in [9.17, 15) is 0 Å². The first kappa shape index (κ1) is 7.21.